The van der Waals surface area contributed by atoms with Crippen LogP contribution in [0.3, 0.4) is 0 Å². The number of alkyl halides is 6. The van der Waals surface area contributed by atoms with E-state index >= 15 is 0 Å². The van der Waals surface area contributed by atoms with Crippen LogP contribution in [0.25, 0.3) is 16.7 Å². The number of anilines is 2. The third-order valence-corrected chi connectivity index (χ3v) is 5.43. The Balaban J connectivity index is 1.69. The molecule has 4 rings (SSSR count). The van der Waals surface area contributed by atoms with E-state index in [2.05, 4.69) is 10.6 Å². The number of hydrogen-bond donors (Lipinski definition) is 5. The van der Waals surface area contributed by atoms with Gasteiger partial charge in [-0.1, -0.05) is 0 Å². The first-order valence-electron chi connectivity index (χ1n) is 11.0. The van der Waals surface area contributed by atoms with Gasteiger partial charge in [0.2, 0.25) is 0 Å². The molecule has 0 fully saturated rings. The predicted molar refractivity (Wildman–Crippen MR) is 130 cm³/mol. The normalized spacial score (nSPS) is 11.8. The summed E-state index contributed by atoms with van der Waals surface area (Å²) in [7, 11) is 0. The molecule has 0 saturated carbocycles. The largest absolute Gasteiger partial charge is 0.472 e. The van der Waals surface area contributed by atoms with E-state index in [1.807, 2.05) is 4.98 Å². The minimum absolute atomic E-state index is 0.0822. The molecule has 17 heteroatoms. The number of carbonyl (C=O) groups excluding carboxylic acids is 2. The summed E-state index contributed by atoms with van der Waals surface area (Å²) in [6.07, 6.45) is -8.11. The van der Waals surface area contributed by atoms with Gasteiger partial charge in [-0.05, 0) is 48.0 Å². The summed E-state index contributed by atoms with van der Waals surface area (Å²) in [4.78, 5) is 49.6. The van der Waals surface area contributed by atoms with E-state index in [-0.39, 0.29) is 11.2 Å². The second kappa shape index (κ2) is 10.2. The van der Waals surface area contributed by atoms with Crippen LogP contribution >= 0.6 is 0 Å². The fraction of sp³-hybridized carbons (Fsp3) is 0.130. The van der Waals surface area contributed by atoms with Crippen molar-refractivity contribution in [2.24, 2.45) is 0 Å². The Bertz CT molecular complexity index is 1720. The van der Waals surface area contributed by atoms with Crippen molar-refractivity contribution in [3.63, 3.8) is 0 Å². The molecule has 2 aromatic carbocycles. The van der Waals surface area contributed by atoms with Crippen molar-refractivity contribution in [2.75, 3.05) is 16.5 Å². The first-order chi connectivity index (χ1) is 18.6. The average molecular weight is 569 g/mol. The first-order valence-corrected chi connectivity index (χ1v) is 11.0. The quantitative estimate of drug-likeness (QED) is 0.142. The molecule has 3 amide bonds. The first kappa shape index (κ1) is 27.8. The molecule has 40 heavy (non-hydrogen) atoms. The number of fused-ring (bicyclic) bond motifs is 1. The molecule has 0 spiro atoms. The maximum atomic E-state index is 13.9. The fourth-order valence-corrected chi connectivity index (χ4v) is 3.58. The maximum Gasteiger partial charge on any atom is 0.472 e. The summed E-state index contributed by atoms with van der Waals surface area (Å²) in [5, 5.41) is 5.04. The molecule has 6 N–H and O–H groups in total. The van der Waals surface area contributed by atoms with Gasteiger partial charge in [-0.15, -0.1) is 0 Å². The molecule has 0 atom stereocenters. The number of hydrogen-bond acceptors (Lipinski definition) is 5. The Kier molecular flexibility index (Phi) is 7.06. The highest BCUT2D eigenvalue weighted by atomic mass is 19.4. The van der Waals surface area contributed by atoms with Crippen LogP contribution in [0.15, 0.2) is 64.4 Å². The third-order valence-electron chi connectivity index (χ3n) is 5.43. The number of H-pyrrole nitrogens is 1. The second-order valence-electron chi connectivity index (χ2n) is 8.27. The average Bonchev–Trinajstić information content (AvgIpc) is 3.34. The van der Waals surface area contributed by atoms with Gasteiger partial charge in [-0.2, -0.15) is 26.3 Å². The van der Waals surface area contributed by atoms with Crippen LogP contribution in [-0.2, 0) is 17.5 Å². The van der Waals surface area contributed by atoms with Gasteiger partial charge < -0.3 is 25.9 Å². The van der Waals surface area contributed by atoms with Gasteiger partial charge >= 0.3 is 35.4 Å². The Morgan fingerprint density at radius 2 is 1.65 bits per heavy atom. The zero-order chi connectivity index (χ0) is 29.4. The molecule has 4 aromatic rings. The van der Waals surface area contributed by atoms with Crippen LogP contribution in [0.1, 0.15) is 11.1 Å². The molecule has 0 aliphatic heterocycles. The molecule has 0 aliphatic rings. The van der Waals surface area contributed by atoms with Gasteiger partial charge in [0.15, 0.2) is 0 Å². The zero-order valence-electron chi connectivity index (χ0n) is 19.8. The topological polar surface area (TPSA) is 156 Å². The van der Waals surface area contributed by atoms with E-state index in [1.54, 1.807) is 24.3 Å². The Hall–Kier alpha value is -5.22. The molecule has 2 heterocycles. The molecular weight excluding hydrogens is 552 g/mol. The van der Waals surface area contributed by atoms with E-state index in [9.17, 15) is 45.5 Å². The lowest BCUT2D eigenvalue weighted by molar-refractivity contribution is -0.168. The number of rotatable bonds is 5. The van der Waals surface area contributed by atoms with Gasteiger partial charge in [0.05, 0.1) is 22.3 Å². The molecular formula is C23H17F6N7O4. The van der Waals surface area contributed by atoms with E-state index in [0.717, 1.165) is 4.57 Å². The van der Waals surface area contributed by atoms with Gasteiger partial charge in [-0.3, -0.25) is 19.8 Å². The van der Waals surface area contributed by atoms with Gasteiger partial charge in [-0.25, -0.2) is 9.47 Å². The monoisotopic (exact) mass is 569 g/mol. The highest BCUT2D eigenvalue weighted by molar-refractivity contribution is 5.91. The van der Waals surface area contributed by atoms with Crippen molar-refractivity contribution in [2.45, 2.75) is 18.9 Å². The van der Waals surface area contributed by atoms with Crippen molar-refractivity contribution in [3.8, 4) is 5.69 Å². The third kappa shape index (κ3) is 5.92. The van der Waals surface area contributed by atoms with Crippen molar-refractivity contribution in [1.29, 1.82) is 0 Å². The number of aromatic amines is 1. The number of halogens is 6. The Labute approximate surface area is 218 Å². The lowest BCUT2D eigenvalue weighted by Crippen LogP contribution is -2.46. The molecule has 11 nitrogen and oxygen atoms in total. The van der Waals surface area contributed by atoms with Crippen LogP contribution < -0.4 is 32.9 Å². The van der Waals surface area contributed by atoms with Crippen molar-refractivity contribution in [3.05, 3.63) is 86.7 Å². The Morgan fingerprint density at radius 3 is 2.27 bits per heavy atom. The molecule has 0 aliphatic carbocycles. The van der Waals surface area contributed by atoms with Gasteiger partial charge in [0.25, 0.3) is 0 Å². The molecule has 0 bridgehead atoms. The number of benzene rings is 2. The van der Waals surface area contributed by atoms with Crippen molar-refractivity contribution < 1.29 is 35.9 Å². The number of aromatic nitrogens is 3. The summed E-state index contributed by atoms with van der Waals surface area (Å²) in [5.74, 6) is -2.63. The van der Waals surface area contributed by atoms with Crippen LogP contribution in [0.5, 0.6) is 0 Å². The van der Waals surface area contributed by atoms with E-state index < -0.39 is 57.7 Å². The fourth-order valence-electron chi connectivity index (χ4n) is 3.58. The van der Waals surface area contributed by atoms with Gasteiger partial charge in [0.1, 0.15) is 0 Å². The standard InChI is InChI=1S/C23H17F6N7O4/c24-22(25,26)14-7-15-17(36(19(38)18(37)33-15)34-20(39)23(27,28)29)8-16(14)35-6-5-11(10-35)9-31-21(40)32-13-3-1-12(30)2-4-13/h1-8,10H,9,30H2,(H,33,37)(H,34,39)(H2,31,32,40). The number of nitrogen functional groups attached to an aromatic ring is 1. The van der Waals surface area contributed by atoms with Crippen molar-refractivity contribution in [1.82, 2.24) is 19.5 Å². The predicted octanol–water partition coefficient (Wildman–Crippen LogP) is 3.04. The van der Waals surface area contributed by atoms with Crippen LogP contribution in [0, 0.1) is 0 Å². The van der Waals surface area contributed by atoms with E-state index in [1.165, 1.54) is 23.9 Å². The van der Waals surface area contributed by atoms with Crippen molar-refractivity contribution >= 4 is 34.3 Å². The smallest absolute Gasteiger partial charge is 0.399 e. The van der Waals surface area contributed by atoms with Crippen LogP contribution in [0.4, 0.5) is 42.5 Å². The zero-order valence-corrected chi connectivity index (χ0v) is 19.8. The van der Waals surface area contributed by atoms with Crippen LogP contribution in [-0.4, -0.2) is 32.3 Å². The number of nitrogens with one attached hydrogen (secondary N) is 4. The van der Waals surface area contributed by atoms with E-state index in [0.29, 0.717) is 29.1 Å². The summed E-state index contributed by atoms with van der Waals surface area (Å²) in [6, 6.07) is 8.03. The SMILES string of the molecule is Nc1ccc(NC(=O)NCc2ccn(-c3cc4c(cc3C(F)(F)F)[nH]c(=O)c(=O)n4NC(=O)C(F)(F)F)c2)cc1. The second-order valence-corrected chi connectivity index (χ2v) is 8.27. The summed E-state index contributed by atoms with van der Waals surface area (Å²) >= 11 is 0. The lowest BCUT2D eigenvalue weighted by Gasteiger charge is -2.18. The molecule has 210 valence electrons. The summed E-state index contributed by atoms with van der Waals surface area (Å²) in [5.41, 5.74) is 1.47. The molecule has 0 saturated heterocycles. The highest BCUT2D eigenvalue weighted by Crippen LogP contribution is 2.36. The molecule has 2 aromatic heterocycles. The molecule has 0 radical (unpaired) electrons. The number of nitrogens with two attached hydrogens (primary N) is 1. The maximum absolute atomic E-state index is 13.9. The van der Waals surface area contributed by atoms with Gasteiger partial charge in [0, 0.05) is 30.3 Å². The minimum atomic E-state index is -5.47. The highest BCUT2D eigenvalue weighted by Gasteiger charge is 2.40. The number of urea groups is 1. The summed E-state index contributed by atoms with van der Waals surface area (Å²) in [6.45, 7) is -0.137. The lowest BCUT2D eigenvalue weighted by atomic mass is 10.1. The Morgan fingerprint density at radius 1 is 0.975 bits per heavy atom. The number of nitrogens with zero attached hydrogens (tertiary/aromatic N) is 2. The summed E-state index contributed by atoms with van der Waals surface area (Å²) < 4.78 is 81.1. The minimum Gasteiger partial charge on any atom is -0.399 e. The van der Waals surface area contributed by atoms with Crippen LogP contribution in [0.2, 0.25) is 0 Å². The van der Waals surface area contributed by atoms with E-state index in [4.69, 9.17) is 5.73 Å². The molecule has 0 unspecified atom stereocenters. The number of amides is 3. The number of carbonyl (C=O) groups is 2.